The van der Waals surface area contributed by atoms with E-state index in [2.05, 4.69) is 38.3 Å². The Balaban J connectivity index is 1.80. The summed E-state index contributed by atoms with van der Waals surface area (Å²) in [5, 5.41) is 0. The minimum atomic E-state index is -1.18. The van der Waals surface area contributed by atoms with Crippen molar-refractivity contribution in [3.05, 3.63) is 11.6 Å². The molecule has 100 valence electrons. The fourth-order valence-corrected chi connectivity index (χ4v) is 6.24. The van der Waals surface area contributed by atoms with Gasteiger partial charge in [0.25, 0.3) is 0 Å². The van der Waals surface area contributed by atoms with Gasteiger partial charge in [-0.05, 0) is 55.7 Å². The van der Waals surface area contributed by atoms with Gasteiger partial charge in [-0.3, -0.25) is 0 Å². The van der Waals surface area contributed by atoms with Crippen LogP contribution in [0.25, 0.3) is 0 Å². The minimum Gasteiger partial charge on any atom is -0.131 e. The molecule has 0 radical (unpaired) electrons. The smallest absolute Gasteiger partial charge is 0.131 e. The van der Waals surface area contributed by atoms with Crippen molar-refractivity contribution in [2.75, 3.05) is 0 Å². The van der Waals surface area contributed by atoms with Crippen molar-refractivity contribution < 1.29 is 0 Å². The monoisotopic (exact) mass is 260 g/mol. The van der Waals surface area contributed by atoms with Crippen molar-refractivity contribution in [2.45, 2.75) is 71.0 Å². The van der Waals surface area contributed by atoms with Crippen molar-refractivity contribution in [1.82, 2.24) is 0 Å². The predicted octanol–water partition coefficient (Wildman–Crippen LogP) is 5.17. The van der Waals surface area contributed by atoms with Crippen LogP contribution in [0.2, 0.25) is 18.1 Å². The van der Waals surface area contributed by atoms with Crippen LogP contribution >= 0.6 is 0 Å². The Morgan fingerprint density at radius 2 is 1.89 bits per heavy atom. The first-order valence-corrected chi connectivity index (χ1v) is 10.5. The average molecular weight is 260 g/mol. The lowest BCUT2D eigenvalue weighted by Crippen LogP contribution is -2.29. The Bertz CT molecular complexity index is 357. The van der Waals surface area contributed by atoms with Gasteiger partial charge in [-0.25, -0.2) is 0 Å². The quantitative estimate of drug-likeness (QED) is 0.363. The standard InChI is InChI=1S/C17H28Si/c1-4-18(5-2,6-3)12-8-7-9-16-13-15-10-11-17(16)14-15/h10,16-17H,4-7,9,11,13-14H2,1-3H3. The van der Waals surface area contributed by atoms with Gasteiger partial charge in [0.1, 0.15) is 8.07 Å². The molecule has 0 spiro atoms. The van der Waals surface area contributed by atoms with Crippen LogP contribution in [0, 0.1) is 23.3 Å². The van der Waals surface area contributed by atoms with E-state index >= 15 is 0 Å². The van der Waals surface area contributed by atoms with Crippen molar-refractivity contribution in [3.63, 3.8) is 0 Å². The van der Waals surface area contributed by atoms with E-state index in [0.717, 1.165) is 18.3 Å². The van der Waals surface area contributed by atoms with E-state index in [4.69, 9.17) is 0 Å². The van der Waals surface area contributed by atoms with Gasteiger partial charge >= 0.3 is 0 Å². The van der Waals surface area contributed by atoms with Crippen molar-refractivity contribution in [1.29, 1.82) is 0 Å². The molecule has 0 heterocycles. The second kappa shape index (κ2) is 6.11. The number of hydrogen-bond acceptors (Lipinski definition) is 0. The van der Waals surface area contributed by atoms with Crippen LogP contribution in [-0.2, 0) is 0 Å². The molecule has 1 saturated carbocycles. The molecule has 2 unspecified atom stereocenters. The molecule has 0 N–H and O–H groups in total. The molecule has 2 aliphatic rings. The summed E-state index contributed by atoms with van der Waals surface area (Å²) in [6, 6.07) is 4.02. The first-order valence-electron chi connectivity index (χ1n) is 7.91. The maximum Gasteiger partial charge on any atom is 0.137 e. The molecule has 0 aromatic heterocycles. The molecule has 0 aromatic rings. The zero-order chi connectivity index (χ0) is 13.0. The van der Waals surface area contributed by atoms with Crippen LogP contribution in [0.15, 0.2) is 11.6 Å². The second-order valence-electron chi connectivity index (χ2n) is 6.21. The number of hydrogen-bond donors (Lipinski definition) is 0. The van der Waals surface area contributed by atoms with Crippen LogP contribution in [-0.4, -0.2) is 8.07 Å². The molecule has 0 nitrogen and oxygen atoms in total. The molecule has 2 atom stereocenters. The average Bonchev–Trinajstić information content (AvgIpc) is 3.02. The molecule has 1 heteroatoms. The molecule has 0 aliphatic heterocycles. The minimum absolute atomic E-state index is 0.972. The van der Waals surface area contributed by atoms with Gasteiger partial charge in [-0.1, -0.05) is 32.4 Å². The van der Waals surface area contributed by atoms with E-state index in [1.807, 2.05) is 0 Å². The summed E-state index contributed by atoms with van der Waals surface area (Å²) >= 11 is 0. The summed E-state index contributed by atoms with van der Waals surface area (Å²) in [4.78, 5) is 0. The Hall–Kier alpha value is -0.483. The van der Waals surface area contributed by atoms with Gasteiger partial charge in [0.2, 0.25) is 0 Å². The number of rotatable bonds is 5. The molecular weight excluding hydrogens is 232 g/mol. The molecular formula is C17H28Si. The van der Waals surface area contributed by atoms with Crippen molar-refractivity contribution in [3.8, 4) is 11.5 Å². The first kappa shape index (κ1) is 13.9. The normalized spacial score (nSPS) is 25.8. The summed E-state index contributed by atoms with van der Waals surface area (Å²) in [5.41, 5.74) is 5.47. The highest BCUT2D eigenvalue weighted by Crippen LogP contribution is 2.45. The highest BCUT2D eigenvalue weighted by molar-refractivity contribution is 6.87. The second-order valence-corrected chi connectivity index (χ2v) is 11.1. The SMILES string of the molecule is CC[Si](C#CCCC1CC2=CCC1C2)(CC)CC. The molecule has 2 rings (SSSR count). The van der Waals surface area contributed by atoms with Crippen LogP contribution in [0.5, 0.6) is 0 Å². The highest BCUT2D eigenvalue weighted by atomic mass is 28.3. The fourth-order valence-electron chi connectivity index (χ4n) is 3.71. The molecule has 0 saturated heterocycles. The summed E-state index contributed by atoms with van der Waals surface area (Å²) in [5.74, 6) is 5.52. The lowest BCUT2D eigenvalue weighted by atomic mass is 9.88. The largest absolute Gasteiger partial charge is 0.137 e. The maximum atomic E-state index is 3.72. The molecule has 18 heavy (non-hydrogen) atoms. The summed E-state index contributed by atoms with van der Waals surface area (Å²) in [6.07, 6.45) is 9.17. The van der Waals surface area contributed by atoms with Gasteiger partial charge in [0.05, 0.1) is 0 Å². The summed E-state index contributed by atoms with van der Waals surface area (Å²) in [6.45, 7) is 7.03. The fraction of sp³-hybridized carbons (Fsp3) is 0.765. The van der Waals surface area contributed by atoms with Gasteiger partial charge in [-0.15, -0.1) is 11.5 Å². The zero-order valence-corrected chi connectivity index (χ0v) is 13.4. The predicted molar refractivity (Wildman–Crippen MR) is 83.1 cm³/mol. The number of allylic oxidation sites excluding steroid dienone is 2. The lowest BCUT2D eigenvalue weighted by Gasteiger charge is -2.20. The molecule has 2 bridgehead atoms. The van der Waals surface area contributed by atoms with Crippen molar-refractivity contribution in [2.24, 2.45) is 11.8 Å². The van der Waals surface area contributed by atoms with Crippen LogP contribution in [0.4, 0.5) is 0 Å². The van der Waals surface area contributed by atoms with Crippen LogP contribution in [0.1, 0.15) is 52.9 Å². The van der Waals surface area contributed by atoms with Crippen LogP contribution < -0.4 is 0 Å². The summed E-state index contributed by atoms with van der Waals surface area (Å²) in [7, 11) is -1.18. The van der Waals surface area contributed by atoms with Gasteiger partial charge in [-0.2, -0.15) is 0 Å². The lowest BCUT2D eigenvalue weighted by molar-refractivity contribution is 0.370. The van der Waals surface area contributed by atoms with E-state index in [1.165, 1.54) is 43.8 Å². The van der Waals surface area contributed by atoms with E-state index in [1.54, 1.807) is 5.57 Å². The Labute approximate surface area is 114 Å². The Kier molecular flexibility index (Phi) is 4.73. The molecule has 1 fully saturated rings. The Morgan fingerprint density at radius 3 is 2.39 bits per heavy atom. The maximum absolute atomic E-state index is 3.72. The van der Waals surface area contributed by atoms with Gasteiger partial charge in [0.15, 0.2) is 0 Å². The zero-order valence-electron chi connectivity index (χ0n) is 12.4. The van der Waals surface area contributed by atoms with Crippen molar-refractivity contribution >= 4 is 8.07 Å². The van der Waals surface area contributed by atoms with E-state index in [9.17, 15) is 0 Å². The summed E-state index contributed by atoms with van der Waals surface area (Å²) < 4.78 is 0. The third kappa shape index (κ3) is 2.91. The van der Waals surface area contributed by atoms with E-state index < -0.39 is 8.07 Å². The van der Waals surface area contributed by atoms with E-state index in [0.29, 0.717) is 0 Å². The molecule has 2 aliphatic carbocycles. The van der Waals surface area contributed by atoms with Gasteiger partial charge in [0, 0.05) is 6.42 Å². The van der Waals surface area contributed by atoms with Gasteiger partial charge < -0.3 is 0 Å². The molecule has 0 amide bonds. The van der Waals surface area contributed by atoms with Crippen LogP contribution in [0.3, 0.4) is 0 Å². The topological polar surface area (TPSA) is 0 Å². The first-order chi connectivity index (χ1) is 8.73. The number of fused-ring (bicyclic) bond motifs is 2. The van der Waals surface area contributed by atoms with E-state index in [-0.39, 0.29) is 0 Å². The molecule has 0 aromatic carbocycles. The highest BCUT2D eigenvalue weighted by Gasteiger charge is 2.33. The third-order valence-electron chi connectivity index (χ3n) is 5.45. The third-order valence-corrected chi connectivity index (χ3v) is 10.2. The Morgan fingerprint density at radius 1 is 1.17 bits per heavy atom.